The van der Waals surface area contributed by atoms with Crippen LogP contribution >= 0.6 is 0 Å². The first-order chi connectivity index (χ1) is 15.6. The number of hydrogen-bond donors (Lipinski definition) is 1. The van der Waals surface area contributed by atoms with E-state index in [4.69, 9.17) is 4.98 Å². The fraction of sp³-hybridized carbons (Fsp3) is 0.417. The molecular formula is C24H25FN6O. The quantitative estimate of drug-likeness (QED) is 0.671. The van der Waals surface area contributed by atoms with Crippen LogP contribution in [0.25, 0.3) is 0 Å². The maximum Gasteiger partial charge on any atom is 0.272 e. The van der Waals surface area contributed by atoms with Crippen molar-refractivity contribution in [3.05, 3.63) is 77.4 Å². The molecule has 1 saturated carbocycles. The Morgan fingerprint density at radius 3 is 2.66 bits per heavy atom. The summed E-state index contributed by atoms with van der Waals surface area (Å²) in [6, 6.07) is 13.2. The Morgan fingerprint density at radius 2 is 1.94 bits per heavy atom. The van der Waals surface area contributed by atoms with Crippen molar-refractivity contribution in [3.8, 4) is 0 Å². The minimum atomic E-state index is -0.439. The molecule has 8 heteroatoms. The molecule has 2 aliphatic heterocycles. The Hall–Kier alpha value is -3.13. The molecule has 1 atom stereocenters. The van der Waals surface area contributed by atoms with E-state index in [1.165, 1.54) is 30.5 Å². The average Bonchev–Trinajstić information content (AvgIpc) is 3.39. The summed E-state index contributed by atoms with van der Waals surface area (Å²) in [5.74, 6) is 1.98. The van der Waals surface area contributed by atoms with Gasteiger partial charge in [-0.1, -0.05) is 30.3 Å². The first-order valence-electron chi connectivity index (χ1n) is 11.2. The SMILES string of the molecule is O=C(c1ccc(F)cn1)N1CC2(CN(Cc3ccccc3)CC2c2nc(C3CC3)n[nH]2)C1. The zero-order valence-corrected chi connectivity index (χ0v) is 17.7. The predicted molar refractivity (Wildman–Crippen MR) is 115 cm³/mol. The largest absolute Gasteiger partial charge is 0.336 e. The molecule has 3 aliphatic rings. The molecule has 0 radical (unpaired) electrons. The second-order valence-corrected chi connectivity index (χ2v) is 9.45. The number of benzene rings is 1. The summed E-state index contributed by atoms with van der Waals surface area (Å²) in [6.07, 6.45) is 3.43. The molecule has 1 spiro atoms. The van der Waals surface area contributed by atoms with Gasteiger partial charge < -0.3 is 4.90 Å². The summed E-state index contributed by atoms with van der Waals surface area (Å²) in [7, 11) is 0. The Morgan fingerprint density at radius 1 is 1.12 bits per heavy atom. The molecule has 2 aromatic heterocycles. The number of likely N-dealkylation sites (tertiary alicyclic amines) is 2. The minimum absolute atomic E-state index is 0.0647. The third-order valence-corrected chi connectivity index (χ3v) is 7.01. The van der Waals surface area contributed by atoms with E-state index in [0.29, 0.717) is 19.0 Å². The zero-order valence-electron chi connectivity index (χ0n) is 17.7. The number of carbonyl (C=O) groups excluding carboxylic acids is 1. The lowest BCUT2D eigenvalue weighted by Crippen LogP contribution is -2.61. The van der Waals surface area contributed by atoms with Crippen molar-refractivity contribution in [3.63, 3.8) is 0 Å². The number of amides is 1. The fourth-order valence-corrected chi connectivity index (χ4v) is 5.22. The smallest absolute Gasteiger partial charge is 0.272 e. The number of carbonyl (C=O) groups is 1. The van der Waals surface area contributed by atoms with E-state index in [2.05, 4.69) is 44.3 Å². The number of hydrogen-bond acceptors (Lipinski definition) is 5. The summed E-state index contributed by atoms with van der Waals surface area (Å²) in [4.78, 5) is 26.0. The molecule has 1 aromatic carbocycles. The van der Waals surface area contributed by atoms with Crippen LogP contribution in [0.15, 0.2) is 48.7 Å². The molecule has 3 aromatic rings. The number of aromatic amines is 1. The van der Waals surface area contributed by atoms with Crippen molar-refractivity contribution < 1.29 is 9.18 Å². The Labute approximate surface area is 185 Å². The highest BCUT2D eigenvalue weighted by Gasteiger charge is 2.57. The summed E-state index contributed by atoms with van der Waals surface area (Å²) < 4.78 is 13.2. The van der Waals surface area contributed by atoms with Crippen LogP contribution in [0.1, 0.15) is 52.4 Å². The molecule has 164 valence electrons. The van der Waals surface area contributed by atoms with Gasteiger partial charge in [0.15, 0.2) is 5.82 Å². The van der Waals surface area contributed by atoms with Crippen molar-refractivity contribution in [1.29, 1.82) is 0 Å². The van der Waals surface area contributed by atoms with E-state index in [9.17, 15) is 9.18 Å². The second kappa shape index (κ2) is 7.48. The maximum absolute atomic E-state index is 13.2. The second-order valence-electron chi connectivity index (χ2n) is 9.45. The van der Waals surface area contributed by atoms with Crippen LogP contribution in [0.2, 0.25) is 0 Å². The van der Waals surface area contributed by atoms with Crippen molar-refractivity contribution in [2.24, 2.45) is 5.41 Å². The topological polar surface area (TPSA) is 78.0 Å². The van der Waals surface area contributed by atoms with E-state index < -0.39 is 5.82 Å². The molecule has 0 bridgehead atoms. The zero-order chi connectivity index (χ0) is 21.7. The van der Waals surface area contributed by atoms with Crippen molar-refractivity contribution >= 4 is 5.91 Å². The molecule has 1 unspecified atom stereocenters. The van der Waals surface area contributed by atoms with E-state index in [1.54, 1.807) is 0 Å². The van der Waals surface area contributed by atoms with Crippen LogP contribution in [0.3, 0.4) is 0 Å². The number of aromatic nitrogens is 4. The number of pyridine rings is 1. The normalized spacial score (nSPS) is 22.3. The van der Waals surface area contributed by atoms with Crippen LogP contribution in [0, 0.1) is 11.2 Å². The summed E-state index contributed by atoms with van der Waals surface area (Å²) in [6.45, 7) is 3.93. The van der Waals surface area contributed by atoms with Gasteiger partial charge in [0.1, 0.15) is 17.3 Å². The molecular weight excluding hydrogens is 407 g/mol. The highest BCUT2D eigenvalue weighted by atomic mass is 19.1. The molecule has 32 heavy (non-hydrogen) atoms. The highest BCUT2D eigenvalue weighted by molar-refractivity contribution is 5.93. The summed E-state index contributed by atoms with van der Waals surface area (Å²) in [5.41, 5.74) is 1.50. The molecule has 6 rings (SSSR count). The van der Waals surface area contributed by atoms with Gasteiger partial charge in [0.2, 0.25) is 0 Å². The first kappa shape index (κ1) is 19.5. The number of H-pyrrole nitrogens is 1. The van der Waals surface area contributed by atoms with Gasteiger partial charge in [-0.15, -0.1) is 0 Å². The maximum atomic E-state index is 13.2. The Bertz CT molecular complexity index is 1120. The van der Waals surface area contributed by atoms with E-state index in [1.807, 2.05) is 11.0 Å². The first-order valence-corrected chi connectivity index (χ1v) is 11.2. The molecule has 1 N–H and O–H groups in total. The monoisotopic (exact) mass is 432 g/mol. The summed E-state index contributed by atoms with van der Waals surface area (Å²) in [5, 5.41) is 7.70. The molecule has 2 saturated heterocycles. The van der Waals surface area contributed by atoms with Gasteiger partial charge in [0, 0.05) is 50.0 Å². The fourth-order valence-electron chi connectivity index (χ4n) is 5.22. The van der Waals surface area contributed by atoms with Crippen molar-refractivity contribution in [2.75, 3.05) is 26.2 Å². The lowest BCUT2D eigenvalue weighted by Gasteiger charge is -2.50. The number of halogens is 1. The van der Waals surface area contributed by atoms with Crippen LogP contribution in [-0.2, 0) is 6.54 Å². The molecule has 1 aliphatic carbocycles. The number of nitrogens with zero attached hydrogens (tertiary/aromatic N) is 5. The van der Waals surface area contributed by atoms with Crippen molar-refractivity contribution in [1.82, 2.24) is 30.0 Å². The van der Waals surface area contributed by atoms with Gasteiger partial charge in [-0.25, -0.2) is 14.4 Å². The standard InChI is InChI=1S/C24H25FN6O/c25-18-8-9-20(26-10-18)23(32)31-14-24(15-31)13-30(11-16-4-2-1-3-5-16)12-19(24)22-27-21(28-29-22)17-6-7-17/h1-5,8-10,17,19H,6-7,11-15H2,(H,27,28,29). The minimum Gasteiger partial charge on any atom is -0.336 e. The van der Waals surface area contributed by atoms with Crippen molar-refractivity contribution in [2.45, 2.75) is 31.2 Å². The van der Waals surface area contributed by atoms with Gasteiger partial charge in [-0.3, -0.25) is 14.8 Å². The molecule has 3 fully saturated rings. The Kier molecular flexibility index (Phi) is 4.57. The number of nitrogens with one attached hydrogen (secondary N) is 1. The van der Waals surface area contributed by atoms with Gasteiger partial charge in [0.25, 0.3) is 5.91 Å². The van der Waals surface area contributed by atoms with E-state index in [0.717, 1.165) is 37.5 Å². The van der Waals surface area contributed by atoms with Crippen LogP contribution in [0.5, 0.6) is 0 Å². The lowest BCUT2D eigenvalue weighted by atomic mass is 9.71. The van der Waals surface area contributed by atoms with Gasteiger partial charge in [0.05, 0.1) is 6.20 Å². The van der Waals surface area contributed by atoms with Gasteiger partial charge in [-0.05, 0) is 30.5 Å². The van der Waals surface area contributed by atoms with Gasteiger partial charge >= 0.3 is 0 Å². The molecule has 1 amide bonds. The van der Waals surface area contributed by atoms with Crippen LogP contribution in [0.4, 0.5) is 4.39 Å². The van der Waals surface area contributed by atoms with E-state index in [-0.39, 0.29) is 22.9 Å². The average molecular weight is 433 g/mol. The predicted octanol–water partition coefficient (Wildman–Crippen LogP) is 2.96. The van der Waals surface area contributed by atoms with Crippen LogP contribution < -0.4 is 0 Å². The highest BCUT2D eigenvalue weighted by Crippen LogP contribution is 2.49. The third kappa shape index (κ3) is 3.48. The van der Waals surface area contributed by atoms with Crippen LogP contribution in [-0.4, -0.2) is 62.1 Å². The Balaban J connectivity index is 1.23. The number of rotatable bonds is 5. The third-order valence-electron chi connectivity index (χ3n) is 7.01. The lowest BCUT2D eigenvalue weighted by molar-refractivity contribution is 0.00136. The van der Waals surface area contributed by atoms with E-state index >= 15 is 0 Å². The molecule has 7 nitrogen and oxygen atoms in total. The van der Waals surface area contributed by atoms with Gasteiger partial charge in [-0.2, -0.15) is 5.10 Å². The molecule has 4 heterocycles. The summed E-state index contributed by atoms with van der Waals surface area (Å²) >= 11 is 0.